The minimum atomic E-state index is 0.534. The molecule has 0 fully saturated rings. The zero-order chi connectivity index (χ0) is 39.6. The largest absolute Gasteiger partial charge is 0.454 e. The van der Waals surface area contributed by atoms with E-state index >= 15 is 0 Å². The monoisotopic (exact) mass is 767 g/mol. The third-order valence-electron chi connectivity index (χ3n) is 11.6. The molecule has 280 valence electrons. The molecule has 0 N–H and O–H groups in total. The molecule has 0 atom stereocenters. The van der Waals surface area contributed by atoms with Gasteiger partial charge in [0, 0.05) is 38.9 Å². The Balaban J connectivity index is 1.05. The molecular formula is C54H33N5O. The summed E-state index contributed by atoms with van der Waals surface area (Å²) in [6.45, 7) is 0. The molecule has 0 unspecified atom stereocenters. The van der Waals surface area contributed by atoms with Crippen LogP contribution in [0.3, 0.4) is 0 Å². The number of rotatable bonds is 6. The minimum absolute atomic E-state index is 0.534. The molecule has 0 bridgehead atoms. The van der Waals surface area contributed by atoms with Crippen molar-refractivity contribution in [3.05, 3.63) is 200 Å². The van der Waals surface area contributed by atoms with Gasteiger partial charge in [0.15, 0.2) is 17.2 Å². The van der Waals surface area contributed by atoms with E-state index in [2.05, 4.69) is 167 Å². The average molecular weight is 768 g/mol. The van der Waals surface area contributed by atoms with Gasteiger partial charge in [-0.1, -0.05) is 146 Å². The van der Waals surface area contributed by atoms with E-state index in [0.717, 1.165) is 71.2 Å². The van der Waals surface area contributed by atoms with Gasteiger partial charge >= 0.3 is 0 Å². The first-order valence-corrected chi connectivity index (χ1v) is 20.0. The van der Waals surface area contributed by atoms with E-state index in [-0.39, 0.29) is 0 Å². The lowest BCUT2D eigenvalue weighted by Gasteiger charge is -2.12. The van der Waals surface area contributed by atoms with E-state index < -0.39 is 0 Å². The SMILES string of the molecule is c1ccc(-c2ccc(-c3ccc4c(c3)c3ccccc3n4-c3nc(-c4ccc5cc(-c6ccccc6)ccc5c4)nc(-c4cccc5oc6cnccc6c45)n3)cc2)cc1. The predicted octanol–water partition coefficient (Wildman–Crippen LogP) is 13.8. The maximum atomic E-state index is 6.27. The second kappa shape index (κ2) is 13.7. The molecular weight excluding hydrogens is 735 g/mol. The second-order valence-corrected chi connectivity index (χ2v) is 15.1. The number of aromatic nitrogens is 5. The highest BCUT2D eigenvalue weighted by atomic mass is 16.3. The Morgan fingerprint density at radius 2 is 0.983 bits per heavy atom. The van der Waals surface area contributed by atoms with E-state index in [9.17, 15) is 0 Å². The zero-order valence-electron chi connectivity index (χ0n) is 32.2. The van der Waals surface area contributed by atoms with Crippen LogP contribution in [0.15, 0.2) is 205 Å². The van der Waals surface area contributed by atoms with Gasteiger partial charge in [-0.25, -0.2) is 4.98 Å². The minimum Gasteiger partial charge on any atom is -0.454 e. The molecule has 0 saturated heterocycles. The van der Waals surface area contributed by atoms with Crippen molar-refractivity contribution >= 4 is 54.5 Å². The summed E-state index contributed by atoms with van der Waals surface area (Å²) in [5.74, 6) is 1.67. The topological polar surface area (TPSA) is 69.6 Å². The third-order valence-corrected chi connectivity index (χ3v) is 11.6. The summed E-state index contributed by atoms with van der Waals surface area (Å²) in [5, 5.41) is 6.39. The first-order valence-electron chi connectivity index (χ1n) is 20.0. The van der Waals surface area contributed by atoms with Crippen LogP contribution in [0.25, 0.3) is 117 Å². The van der Waals surface area contributed by atoms with Gasteiger partial charge in [0.25, 0.3) is 0 Å². The summed E-state index contributed by atoms with van der Waals surface area (Å²) in [7, 11) is 0. The molecule has 4 aromatic heterocycles. The predicted molar refractivity (Wildman–Crippen MR) is 244 cm³/mol. The number of benzene rings is 8. The molecule has 6 heteroatoms. The number of hydrogen-bond acceptors (Lipinski definition) is 5. The zero-order valence-corrected chi connectivity index (χ0v) is 32.2. The molecule has 8 aromatic carbocycles. The number of hydrogen-bond donors (Lipinski definition) is 0. The van der Waals surface area contributed by atoms with Gasteiger partial charge in [-0.15, -0.1) is 0 Å². The summed E-state index contributed by atoms with van der Waals surface area (Å²) in [6.07, 6.45) is 3.55. The van der Waals surface area contributed by atoms with Crippen LogP contribution in [0.1, 0.15) is 0 Å². The fraction of sp³-hybridized carbons (Fsp3) is 0. The van der Waals surface area contributed by atoms with E-state index in [0.29, 0.717) is 23.2 Å². The van der Waals surface area contributed by atoms with Crippen LogP contribution in [0.2, 0.25) is 0 Å². The van der Waals surface area contributed by atoms with E-state index in [1.807, 2.05) is 30.3 Å². The van der Waals surface area contributed by atoms with E-state index in [1.165, 1.54) is 22.3 Å². The van der Waals surface area contributed by atoms with Crippen LogP contribution < -0.4 is 0 Å². The molecule has 0 amide bonds. The first-order chi connectivity index (χ1) is 29.7. The van der Waals surface area contributed by atoms with Crippen molar-refractivity contribution in [1.29, 1.82) is 0 Å². The third kappa shape index (κ3) is 5.65. The lowest BCUT2D eigenvalue weighted by molar-refractivity contribution is 0.667. The Kier molecular flexibility index (Phi) is 7.74. The van der Waals surface area contributed by atoms with Crippen LogP contribution in [-0.2, 0) is 0 Å². The Bertz CT molecular complexity index is 3590. The molecule has 0 aliphatic carbocycles. The van der Waals surface area contributed by atoms with Gasteiger partial charge in [0.05, 0.1) is 17.2 Å². The summed E-state index contributed by atoms with van der Waals surface area (Å²) in [6, 6.07) is 66.0. The van der Waals surface area contributed by atoms with Crippen molar-refractivity contribution in [2.75, 3.05) is 0 Å². The quantitative estimate of drug-likeness (QED) is 0.168. The van der Waals surface area contributed by atoms with Crippen LogP contribution in [0, 0.1) is 0 Å². The van der Waals surface area contributed by atoms with Crippen molar-refractivity contribution in [2.24, 2.45) is 0 Å². The standard InChI is InChI=1S/C54H33N5O/c1-3-10-34(11-4-1)36-18-20-37(21-19-36)41-26-27-48-46(32-41)43-14-7-8-16-47(43)59(48)54-57-52(42-25-24-39-30-38(22-23-40(39)31-42)35-12-5-2-6-13-35)56-53(58-54)45-15-9-17-49-51(45)44-28-29-55-33-50(44)60-49/h1-33H. The van der Waals surface area contributed by atoms with Crippen molar-refractivity contribution < 1.29 is 4.42 Å². The molecule has 6 nitrogen and oxygen atoms in total. The summed E-state index contributed by atoms with van der Waals surface area (Å²) in [5.41, 5.74) is 12.3. The fourth-order valence-corrected chi connectivity index (χ4v) is 8.63. The highest BCUT2D eigenvalue weighted by Crippen LogP contribution is 2.39. The average Bonchev–Trinajstić information content (AvgIpc) is 3.87. The summed E-state index contributed by atoms with van der Waals surface area (Å²) in [4.78, 5) is 20.2. The van der Waals surface area contributed by atoms with Crippen molar-refractivity contribution in [2.45, 2.75) is 0 Å². The first kappa shape index (κ1) is 33.9. The molecule has 0 spiro atoms. The van der Waals surface area contributed by atoms with Gasteiger partial charge in [-0.2, -0.15) is 9.97 Å². The Morgan fingerprint density at radius 3 is 1.78 bits per heavy atom. The molecule has 60 heavy (non-hydrogen) atoms. The Morgan fingerprint density at radius 1 is 0.383 bits per heavy atom. The van der Waals surface area contributed by atoms with E-state index in [1.54, 1.807) is 12.4 Å². The van der Waals surface area contributed by atoms with Crippen molar-refractivity contribution in [1.82, 2.24) is 24.5 Å². The number of para-hydroxylation sites is 1. The van der Waals surface area contributed by atoms with Crippen LogP contribution in [0.4, 0.5) is 0 Å². The summed E-state index contributed by atoms with van der Waals surface area (Å²) >= 11 is 0. The Labute approximate surface area is 344 Å². The molecule has 0 aliphatic rings. The molecule has 4 heterocycles. The Hall–Kier alpha value is -8.22. The fourth-order valence-electron chi connectivity index (χ4n) is 8.63. The molecule has 12 rings (SSSR count). The van der Waals surface area contributed by atoms with Crippen molar-refractivity contribution in [3.63, 3.8) is 0 Å². The lowest BCUT2D eigenvalue weighted by atomic mass is 9.99. The van der Waals surface area contributed by atoms with Crippen molar-refractivity contribution in [3.8, 4) is 62.1 Å². The van der Waals surface area contributed by atoms with Crippen LogP contribution in [0.5, 0.6) is 0 Å². The van der Waals surface area contributed by atoms with Gasteiger partial charge in [0.2, 0.25) is 5.95 Å². The molecule has 0 aliphatic heterocycles. The maximum Gasteiger partial charge on any atom is 0.238 e. The van der Waals surface area contributed by atoms with Crippen LogP contribution in [-0.4, -0.2) is 24.5 Å². The molecule has 0 saturated carbocycles. The summed E-state index contributed by atoms with van der Waals surface area (Å²) < 4.78 is 8.45. The number of nitrogens with zero attached hydrogens (tertiary/aromatic N) is 5. The number of pyridine rings is 1. The van der Waals surface area contributed by atoms with Gasteiger partial charge in [-0.05, 0) is 86.6 Å². The van der Waals surface area contributed by atoms with Gasteiger partial charge in [0.1, 0.15) is 5.58 Å². The maximum absolute atomic E-state index is 6.27. The van der Waals surface area contributed by atoms with Gasteiger partial charge < -0.3 is 4.42 Å². The van der Waals surface area contributed by atoms with Gasteiger partial charge in [-0.3, -0.25) is 9.55 Å². The molecule has 0 radical (unpaired) electrons. The highest BCUT2D eigenvalue weighted by molar-refractivity contribution is 6.12. The second-order valence-electron chi connectivity index (χ2n) is 15.1. The van der Waals surface area contributed by atoms with Crippen LogP contribution >= 0.6 is 0 Å². The smallest absolute Gasteiger partial charge is 0.238 e. The lowest BCUT2D eigenvalue weighted by Crippen LogP contribution is -2.06. The molecule has 12 aromatic rings. The highest BCUT2D eigenvalue weighted by Gasteiger charge is 2.21. The van der Waals surface area contributed by atoms with E-state index in [4.69, 9.17) is 19.4 Å². The number of furan rings is 1. The number of fused-ring (bicyclic) bond motifs is 7. The normalized spacial score (nSPS) is 11.7.